The minimum atomic E-state index is -0.114. The second-order valence-electron chi connectivity index (χ2n) is 6.07. The maximum absolute atomic E-state index is 6.26. The van der Waals surface area contributed by atoms with Gasteiger partial charge in [0.15, 0.2) is 0 Å². The van der Waals surface area contributed by atoms with E-state index in [2.05, 4.69) is 46.9 Å². The maximum atomic E-state index is 6.26. The summed E-state index contributed by atoms with van der Waals surface area (Å²) in [4.78, 5) is 0. The molecule has 0 aliphatic carbocycles. The van der Waals surface area contributed by atoms with Gasteiger partial charge in [-0.05, 0) is 46.0 Å². The van der Waals surface area contributed by atoms with Crippen molar-refractivity contribution >= 4 is 0 Å². The molecule has 2 heteroatoms. The van der Waals surface area contributed by atoms with Crippen molar-refractivity contribution in [1.29, 1.82) is 0 Å². The zero-order chi connectivity index (χ0) is 12.4. The Labute approximate surface area is 101 Å². The van der Waals surface area contributed by atoms with Gasteiger partial charge in [0.2, 0.25) is 0 Å². The molecule has 1 saturated heterocycles. The van der Waals surface area contributed by atoms with E-state index in [0.717, 1.165) is 12.8 Å². The molecule has 0 aromatic carbocycles. The van der Waals surface area contributed by atoms with Crippen LogP contribution in [0.4, 0.5) is 0 Å². The van der Waals surface area contributed by atoms with E-state index in [1.54, 1.807) is 0 Å². The lowest BCUT2D eigenvalue weighted by molar-refractivity contribution is -0.193. The van der Waals surface area contributed by atoms with Gasteiger partial charge in [-0.2, -0.15) is 0 Å². The fourth-order valence-electron chi connectivity index (χ4n) is 3.20. The Kier molecular flexibility index (Phi) is 4.42. The fourth-order valence-corrected chi connectivity index (χ4v) is 3.20. The lowest BCUT2D eigenvalue weighted by Gasteiger charge is -2.51. The lowest BCUT2D eigenvalue weighted by Crippen LogP contribution is -2.65. The Morgan fingerprint density at radius 3 is 2.44 bits per heavy atom. The first-order valence-corrected chi connectivity index (χ1v) is 6.82. The molecule has 0 spiro atoms. The number of hydrogen-bond acceptors (Lipinski definition) is 2. The third-order valence-electron chi connectivity index (χ3n) is 3.80. The molecule has 3 atom stereocenters. The summed E-state index contributed by atoms with van der Waals surface area (Å²) in [6, 6.07) is 0. The normalized spacial score (nSPS) is 36.0. The zero-order valence-corrected chi connectivity index (χ0v) is 11.9. The average Bonchev–Trinajstić information content (AvgIpc) is 2.14. The fraction of sp³-hybridized carbons (Fsp3) is 1.00. The van der Waals surface area contributed by atoms with Crippen LogP contribution in [0.5, 0.6) is 0 Å². The van der Waals surface area contributed by atoms with Gasteiger partial charge in [-0.25, -0.2) is 0 Å². The van der Waals surface area contributed by atoms with Gasteiger partial charge in [-0.3, -0.25) is 5.32 Å². The van der Waals surface area contributed by atoms with Crippen LogP contribution >= 0.6 is 0 Å². The molecule has 0 radical (unpaired) electrons. The molecule has 0 bridgehead atoms. The SMILES string of the molecule is CCCC(C)C1(CC)NC(C)(C)CC(C)O1. The van der Waals surface area contributed by atoms with Crippen LogP contribution in [0.2, 0.25) is 0 Å². The van der Waals surface area contributed by atoms with E-state index in [4.69, 9.17) is 4.74 Å². The van der Waals surface area contributed by atoms with Crippen molar-refractivity contribution in [3.8, 4) is 0 Å². The number of ether oxygens (including phenoxy) is 1. The summed E-state index contributed by atoms with van der Waals surface area (Å²) in [5.41, 5.74) is 0.0762. The van der Waals surface area contributed by atoms with Gasteiger partial charge in [-0.1, -0.05) is 27.2 Å². The monoisotopic (exact) mass is 227 g/mol. The molecule has 1 rings (SSSR count). The summed E-state index contributed by atoms with van der Waals surface area (Å²) in [5.74, 6) is 0.574. The van der Waals surface area contributed by atoms with Crippen LogP contribution in [-0.4, -0.2) is 17.4 Å². The first-order chi connectivity index (χ1) is 7.35. The van der Waals surface area contributed by atoms with Crippen molar-refractivity contribution in [2.45, 2.75) is 84.6 Å². The van der Waals surface area contributed by atoms with Crippen LogP contribution in [0.25, 0.3) is 0 Å². The second-order valence-corrected chi connectivity index (χ2v) is 6.07. The average molecular weight is 227 g/mol. The smallest absolute Gasteiger partial charge is 0.122 e. The minimum absolute atomic E-state index is 0.114. The molecule has 1 heterocycles. The Balaban J connectivity index is 2.85. The largest absolute Gasteiger partial charge is 0.357 e. The highest BCUT2D eigenvalue weighted by Crippen LogP contribution is 2.36. The van der Waals surface area contributed by atoms with Crippen molar-refractivity contribution in [2.24, 2.45) is 5.92 Å². The standard InChI is InChI=1S/C14H29NO/c1-7-9-11(3)14(8-2)15-13(5,6)10-12(4)16-14/h11-12,15H,7-10H2,1-6H3. The van der Waals surface area contributed by atoms with E-state index in [0.29, 0.717) is 12.0 Å². The van der Waals surface area contributed by atoms with Gasteiger partial charge < -0.3 is 4.74 Å². The van der Waals surface area contributed by atoms with Gasteiger partial charge in [0.1, 0.15) is 5.72 Å². The molecule has 1 aliphatic rings. The molecule has 1 fully saturated rings. The molecule has 0 amide bonds. The Hall–Kier alpha value is -0.0800. The number of hydrogen-bond donors (Lipinski definition) is 1. The van der Waals surface area contributed by atoms with Crippen molar-refractivity contribution in [3.63, 3.8) is 0 Å². The van der Waals surface area contributed by atoms with Gasteiger partial charge in [0.05, 0.1) is 6.10 Å². The van der Waals surface area contributed by atoms with Crippen LogP contribution in [0.3, 0.4) is 0 Å². The Morgan fingerprint density at radius 2 is 2.00 bits per heavy atom. The molecule has 96 valence electrons. The quantitative estimate of drug-likeness (QED) is 0.790. The van der Waals surface area contributed by atoms with E-state index in [9.17, 15) is 0 Å². The molecule has 0 aromatic rings. The van der Waals surface area contributed by atoms with E-state index in [1.807, 2.05) is 0 Å². The van der Waals surface area contributed by atoms with Gasteiger partial charge in [-0.15, -0.1) is 0 Å². The van der Waals surface area contributed by atoms with Crippen molar-refractivity contribution in [3.05, 3.63) is 0 Å². The van der Waals surface area contributed by atoms with Crippen molar-refractivity contribution < 1.29 is 4.74 Å². The molecule has 2 nitrogen and oxygen atoms in total. The molecule has 0 saturated carbocycles. The Morgan fingerprint density at radius 1 is 1.38 bits per heavy atom. The summed E-state index contributed by atoms with van der Waals surface area (Å²) >= 11 is 0. The Bertz CT molecular complexity index is 227. The summed E-state index contributed by atoms with van der Waals surface area (Å²) in [6.07, 6.45) is 4.94. The topological polar surface area (TPSA) is 21.3 Å². The second kappa shape index (κ2) is 5.05. The summed E-state index contributed by atoms with van der Waals surface area (Å²) < 4.78 is 6.26. The van der Waals surface area contributed by atoms with Gasteiger partial charge in [0, 0.05) is 5.54 Å². The molecule has 1 aliphatic heterocycles. The zero-order valence-electron chi connectivity index (χ0n) is 11.9. The predicted octanol–water partition coefficient (Wildman–Crippen LogP) is 3.71. The van der Waals surface area contributed by atoms with Crippen LogP contribution < -0.4 is 5.32 Å². The van der Waals surface area contributed by atoms with E-state index < -0.39 is 0 Å². The van der Waals surface area contributed by atoms with Gasteiger partial charge in [0.25, 0.3) is 0 Å². The highest BCUT2D eigenvalue weighted by Gasteiger charge is 2.44. The molecule has 3 unspecified atom stereocenters. The molecular weight excluding hydrogens is 198 g/mol. The van der Waals surface area contributed by atoms with Crippen LogP contribution in [0, 0.1) is 5.92 Å². The van der Waals surface area contributed by atoms with Crippen molar-refractivity contribution in [2.75, 3.05) is 0 Å². The summed E-state index contributed by atoms with van der Waals surface area (Å²) in [7, 11) is 0. The predicted molar refractivity (Wildman–Crippen MR) is 69.5 cm³/mol. The first-order valence-electron chi connectivity index (χ1n) is 6.82. The number of rotatable bonds is 4. The highest BCUT2D eigenvalue weighted by molar-refractivity contribution is 4.96. The van der Waals surface area contributed by atoms with Crippen LogP contribution in [0.1, 0.15) is 67.2 Å². The first kappa shape index (κ1) is 14.0. The molecule has 16 heavy (non-hydrogen) atoms. The van der Waals surface area contributed by atoms with Crippen LogP contribution in [-0.2, 0) is 4.74 Å². The molecule has 0 aromatic heterocycles. The minimum Gasteiger partial charge on any atom is -0.357 e. The van der Waals surface area contributed by atoms with E-state index in [1.165, 1.54) is 12.8 Å². The molecule has 1 N–H and O–H groups in total. The highest BCUT2D eigenvalue weighted by atomic mass is 16.5. The lowest BCUT2D eigenvalue weighted by atomic mass is 9.83. The molecular formula is C14H29NO. The summed E-state index contributed by atoms with van der Waals surface area (Å²) in [5, 5.41) is 3.75. The van der Waals surface area contributed by atoms with Crippen LogP contribution in [0.15, 0.2) is 0 Å². The van der Waals surface area contributed by atoms with Crippen molar-refractivity contribution in [1.82, 2.24) is 5.32 Å². The van der Waals surface area contributed by atoms with Gasteiger partial charge >= 0.3 is 0 Å². The third kappa shape index (κ3) is 2.98. The maximum Gasteiger partial charge on any atom is 0.122 e. The van der Waals surface area contributed by atoms with E-state index in [-0.39, 0.29) is 11.3 Å². The summed E-state index contributed by atoms with van der Waals surface area (Å²) in [6.45, 7) is 13.6. The van der Waals surface area contributed by atoms with E-state index >= 15 is 0 Å². The third-order valence-corrected chi connectivity index (χ3v) is 3.80. The number of nitrogens with one attached hydrogen (secondary N) is 1.